The monoisotopic (exact) mass is 906 g/mol. The van der Waals surface area contributed by atoms with E-state index in [0.29, 0.717) is 19.3 Å². The van der Waals surface area contributed by atoms with Crippen LogP contribution in [0.5, 0.6) is 0 Å². The van der Waals surface area contributed by atoms with Crippen molar-refractivity contribution in [2.75, 3.05) is 6.61 Å². The van der Waals surface area contributed by atoms with Gasteiger partial charge in [0.1, 0.15) is 6.10 Å². The lowest BCUT2D eigenvalue weighted by molar-refractivity contribution is -0.151. The molecule has 0 aliphatic carbocycles. The third kappa shape index (κ3) is 47.3. The van der Waals surface area contributed by atoms with E-state index in [4.69, 9.17) is 4.74 Å². The maximum Gasteiger partial charge on any atom is 0.306 e. The van der Waals surface area contributed by atoms with Crippen LogP contribution in [0.2, 0.25) is 0 Å². The van der Waals surface area contributed by atoms with Gasteiger partial charge in [-0.15, -0.1) is 0 Å². The number of allylic oxidation sites excluding steroid dienone is 14. The lowest BCUT2D eigenvalue weighted by Crippen LogP contribution is -2.46. The smallest absolute Gasteiger partial charge is 0.306 e. The number of ether oxygens (including phenoxy) is 1. The molecular weight excluding hydrogens is 803 g/mol. The molecule has 6 heteroatoms. The highest BCUT2D eigenvalue weighted by molar-refractivity contribution is 5.77. The fourth-order valence-corrected chi connectivity index (χ4v) is 7.87. The second-order valence-corrected chi connectivity index (χ2v) is 18.3. The van der Waals surface area contributed by atoms with Crippen LogP contribution in [0.3, 0.4) is 0 Å². The molecule has 0 heterocycles. The minimum atomic E-state index is -0.811. The SMILES string of the molecule is CC/C=C\C/C=C\C/C=C\C/C=C\C/C=C\CCCC(CC(=O)NC(CO)C(O)CCCCCCCCCCCCCCC)OC(=O)CCCCC/C=C/C=C/CCCCCCCCC. The van der Waals surface area contributed by atoms with E-state index < -0.39 is 18.2 Å². The first-order valence-corrected chi connectivity index (χ1v) is 27.3. The summed E-state index contributed by atoms with van der Waals surface area (Å²) in [5.41, 5.74) is 0. The van der Waals surface area contributed by atoms with Gasteiger partial charge in [0.15, 0.2) is 0 Å². The van der Waals surface area contributed by atoms with Gasteiger partial charge in [0.2, 0.25) is 5.91 Å². The van der Waals surface area contributed by atoms with Crippen molar-refractivity contribution >= 4 is 11.9 Å². The molecular formula is C59H103NO5. The highest BCUT2D eigenvalue weighted by Crippen LogP contribution is 2.17. The largest absolute Gasteiger partial charge is 0.462 e. The first-order valence-electron chi connectivity index (χ1n) is 27.3. The standard InChI is InChI=1S/C59H103NO5/c1-4-7-10-13-16-19-22-25-27-29-30-33-35-38-41-44-47-50-55(65-59(64)52-49-46-43-40-37-34-31-28-26-23-20-17-14-11-8-5-2)53-58(63)60-56(54-61)57(62)51-48-45-42-39-36-32-24-21-18-15-12-9-6-3/h7,10,16,19,25,27-28,30-31,33-34,37-38,41,55-57,61-62H,4-6,8-9,11-15,17-18,20-24,26,29,32,35-36,39-40,42-54H2,1-3H3,(H,60,63)/b10-7-,19-16-,27-25-,31-28+,33-30-,37-34+,41-38-. The molecule has 0 aromatic carbocycles. The average molecular weight is 906 g/mol. The second-order valence-electron chi connectivity index (χ2n) is 18.3. The molecule has 0 bridgehead atoms. The van der Waals surface area contributed by atoms with Gasteiger partial charge in [-0.3, -0.25) is 9.59 Å². The number of esters is 1. The summed E-state index contributed by atoms with van der Waals surface area (Å²) in [6, 6.07) is -0.730. The van der Waals surface area contributed by atoms with E-state index in [0.717, 1.165) is 96.3 Å². The summed E-state index contributed by atoms with van der Waals surface area (Å²) in [7, 11) is 0. The summed E-state index contributed by atoms with van der Waals surface area (Å²) in [5, 5.41) is 23.8. The van der Waals surface area contributed by atoms with E-state index >= 15 is 0 Å². The molecule has 0 rings (SSSR count). The van der Waals surface area contributed by atoms with Gasteiger partial charge in [0, 0.05) is 6.42 Å². The first kappa shape index (κ1) is 62.0. The number of hydrogen-bond donors (Lipinski definition) is 3. The zero-order chi connectivity index (χ0) is 47.4. The van der Waals surface area contributed by atoms with Gasteiger partial charge >= 0.3 is 5.97 Å². The fraction of sp³-hybridized carbons (Fsp3) is 0.729. The van der Waals surface area contributed by atoms with Crippen LogP contribution in [0.1, 0.15) is 252 Å². The minimum absolute atomic E-state index is 0.0244. The third-order valence-corrected chi connectivity index (χ3v) is 12.0. The van der Waals surface area contributed by atoms with Crippen molar-refractivity contribution in [2.45, 2.75) is 270 Å². The number of hydrogen-bond acceptors (Lipinski definition) is 5. The number of aliphatic hydroxyl groups is 2. The van der Waals surface area contributed by atoms with Gasteiger partial charge < -0.3 is 20.3 Å². The van der Waals surface area contributed by atoms with Crippen LogP contribution < -0.4 is 5.32 Å². The molecule has 0 fully saturated rings. The molecule has 0 aromatic heterocycles. The Kier molecular flexibility index (Phi) is 49.6. The third-order valence-electron chi connectivity index (χ3n) is 12.0. The van der Waals surface area contributed by atoms with E-state index in [-0.39, 0.29) is 24.9 Å². The van der Waals surface area contributed by atoms with E-state index in [1.807, 2.05) is 0 Å². The highest BCUT2D eigenvalue weighted by Gasteiger charge is 2.24. The fourth-order valence-electron chi connectivity index (χ4n) is 7.87. The molecule has 0 aliphatic rings. The van der Waals surface area contributed by atoms with Crippen molar-refractivity contribution in [3.05, 3.63) is 85.1 Å². The van der Waals surface area contributed by atoms with Gasteiger partial charge in [-0.2, -0.15) is 0 Å². The Morgan fingerprint density at radius 2 is 0.892 bits per heavy atom. The minimum Gasteiger partial charge on any atom is -0.462 e. The summed E-state index contributed by atoms with van der Waals surface area (Å²) in [4.78, 5) is 26.2. The molecule has 0 saturated heterocycles. The first-order chi connectivity index (χ1) is 32.0. The lowest BCUT2D eigenvalue weighted by atomic mass is 10.0. The topological polar surface area (TPSA) is 95.9 Å². The van der Waals surface area contributed by atoms with Crippen LogP contribution in [-0.4, -0.2) is 46.9 Å². The van der Waals surface area contributed by atoms with Gasteiger partial charge in [-0.05, 0) is 89.9 Å². The number of rotatable bonds is 48. The van der Waals surface area contributed by atoms with Crippen LogP contribution in [0.25, 0.3) is 0 Å². The molecule has 0 aromatic rings. The van der Waals surface area contributed by atoms with Crippen molar-refractivity contribution in [3.8, 4) is 0 Å². The molecule has 1 amide bonds. The quantitative estimate of drug-likeness (QED) is 0.0245. The zero-order valence-electron chi connectivity index (χ0n) is 42.6. The average Bonchev–Trinajstić information content (AvgIpc) is 3.30. The Hall–Kier alpha value is -2.96. The number of aliphatic hydroxyl groups excluding tert-OH is 2. The van der Waals surface area contributed by atoms with Crippen LogP contribution >= 0.6 is 0 Å². The Morgan fingerprint density at radius 3 is 1.37 bits per heavy atom. The predicted molar refractivity (Wildman–Crippen MR) is 282 cm³/mol. The van der Waals surface area contributed by atoms with Crippen LogP contribution in [0, 0.1) is 0 Å². The van der Waals surface area contributed by atoms with Crippen molar-refractivity contribution in [1.82, 2.24) is 5.32 Å². The molecule has 0 saturated carbocycles. The van der Waals surface area contributed by atoms with Crippen LogP contribution in [-0.2, 0) is 14.3 Å². The Bertz CT molecular complexity index is 1250. The van der Waals surface area contributed by atoms with E-state index in [2.05, 4.69) is 111 Å². The van der Waals surface area contributed by atoms with Crippen molar-refractivity contribution in [2.24, 2.45) is 0 Å². The zero-order valence-corrected chi connectivity index (χ0v) is 42.6. The van der Waals surface area contributed by atoms with Gasteiger partial charge in [0.25, 0.3) is 0 Å². The second kappa shape index (κ2) is 52.0. The Labute approximate surface area is 402 Å². The Morgan fingerprint density at radius 1 is 0.477 bits per heavy atom. The van der Waals surface area contributed by atoms with Gasteiger partial charge in [0.05, 0.1) is 25.2 Å². The molecule has 374 valence electrons. The molecule has 65 heavy (non-hydrogen) atoms. The molecule has 3 N–H and O–H groups in total. The number of carbonyl (C=O) groups is 2. The summed E-state index contributed by atoms with van der Waals surface area (Å²) >= 11 is 0. The normalized spacial score (nSPS) is 13.9. The van der Waals surface area contributed by atoms with Crippen LogP contribution in [0.15, 0.2) is 85.1 Å². The molecule has 3 unspecified atom stereocenters. The van der Waals surface area contributed by atoms with Gasteiger partial charge in [-0.1, -0.05) is 234 Å². The number of carbonyl (C=O) groups excluding carboxylic acids is 2. The maximum absolute atomic E-state index is 13.2. The summed E-state index contributed by atoms with van der Waals surface area (Å²) in [6.45, 7) is 6.35. The van der Waals surface area contributed by atoms with Gasteiger partial charge in [-0.25, -0.2) is 0 Å². The van der Waals surface area contributed by atoms with E-state index in [1.54, 1.807) is 0 Å². The number of amides is 1. The summed E-state index contributed by atoms with van der Waals surface area (Å²) in [5.74, 6) is -0.563. The molecule has 3 atom stereocenters. The van der Waals surface area contributed by atoms with Crippen molar-refractivity contribution < 1.29 is 24.5 Å². The molecule has 0 aliphatic heterocycles. The summed E-state index contributed by atoms with van der Waals surface area (Å²) < 4.78 is 5.91. The molecule has 0 radical (unpaired) electrons. The van der Waals surface area contributed by atoms with E-state index in [1.165, 1.54) is 109 Å². The highest BCUT2D eigenvalue weighted by atomic mass is 16.5. The van der Waals surface area contributed by atoms with Crippen LogP contribution in [0.4, 0.5) is 0 Å². The molecule has 0 spiro atoms. The van der Waals surface area contributed by atoms with Crippen molar-refractivity contribution in [1.29, 1.82) is 0 Å². The number of unbranched alkanes of at least 4 members (excludes halogenated alkanes) is 23. The number of nitrogens with one attached hydrogen (secondary N) is 1. The lowest BCUT2D eigenvalue weighted by Gasteiger charge is -2.24. The summed E-state index contributed by atoms with van der Waals surface area (Å²) in [6.07, 6.45) is 67.9. The predicted octanol–water partition coefficient (Wildman–Crippen LogP) is 16.7. The van der Waals surface area contributed by atoms with E-state index in [9.17, 15) is 19.8 Å². The van der Waals surface area contributed by atoms with Crippen molar-refractivity contribution in [3.63, 3.8) is 0 Å². The Balaban J connectivity index is 4.74. The maximum atomic E-state index is 13.2. The molecule has 6 nitrogen and oxygen atoms in total.